The van der Waals surface area contributed by atoms with Gasteiger partial charge >= 0.3 is 0 Å². The van der Waals surface area contributed by atoms with Crippen molar-refractivity contribution in [3.8, 4) is 0 Å². The number of nitrogens with one attached hydrogen (secondary N) is 1. The summed E-state index contributed by atoms with van der Waals surface area (Å²) in [5.74, 6) is 0. The highest BCUT2D eigenvalue weighted by Gasteiger charge is 1.98. The van der Waals surface area contributed by atoms with Gasteiger partial charge in [0.25, 0.3) is 0 Å². The monoisotopic (exact) mass is 269 g/mol. The van der Waals surface area contributed by atoms with Crippen molar-refractivity contribution >= 4 is 33.0 Å². The van der Waals surface area contributed by atoms with Gasteiger partial charge in [0.1, 0.15) is 0 Å². The maximum Gasteiger partial charge on any atom is 0.0794 e. The Hall–Kier alpha value is -0.940. The van der Waals surface area contributed by atoms with Crippen molar-refractivity contribution in [3.05, 3.63) is 39.5 Å². The number of anilines is 1. The Bertz CT molecular complexity index is 402. The fourth-order valence-corrected chi connectivity index (χ4v) is 1.96. The molecule has 0 atom stereocenters. The Balaban J connectivity index is 2.02. The standard InChI is InChI=1S/C9H8BrN3S/c10-8-5-11-2-1-9(8)13-4-7-3-12-6-14-7/h1-3,5-6H,4H2,(H,11,13). The highest BCUT2D eigenvalue weighted by molar-refractivity contribution is 9.10. The SMILES string of the molecule is Brc1cnccc1NCc1cncs1. The van der Waals surface area contributed by atoms with Crippen molar-refractivity contribution in [2.24, 2.45) is 0 Å². The normalized spacial score (nSPS) is 10.1. The number of aromatic nitrogens is 2. The summed E-state index contributed by atoms with van der Waals surface area (Å²) in [6.07, 6.45) is 5.40. The van der Waals surface area contributed by atoms with Crippen LogP contribution in [-0.4, -0.2) is 9.97 Å². The molecule has 14 heavy (non-hydrogen) atoms. The van der Waals surface area contributed by atoms with Crippen LogP contribution in [0.25, 0.3) is 0 Å². The summed E-state index contributed by atoms with van der Waals surface area (Å²) in [5, 5.41) is 3.30. The Kier molecular flexibility index (Phi) is 3.10. The molecule has 0 aromatic carbocycles. The van der Waals surface area contributed by atoms with Gasteiger partial charge < -0.3 is 5.32 Å². The van der Waals surface area contributed by atoms with Gasteiger partial charge in [0.05, 0.1) is 22.2 Å². The third-order valence-electron chi connectivity index (χ3n) is 1.71. The van der Waals surface area contributed by atoms with Crippen LogP contribution in [0.4, 0.5) is 5.69 Å². The van der Waals surface area contributed by atoms with Crippen LogP contribution in [0.3, 0.4) is 0 Å². The molecule has 5 heteroatoms. The minimum Gasteiger partial charge on any atom is -0.379 e. The molecular formula is C9H8BrN3S. The van der Waals surface area contributed by atoms with Crippen molar-refractivity contribution in [2.75, 3.05) is 5.32 Å². The summed E-state index contributed by atoms with van der Waals surface area (Å²) in [6.45, 7) is 0.799. The molecule has 0 aliphatic heterocycles. The lowest BCUT2D eigenvalue weighted by atomic mass is 10.4. The second-order valence-corrected chi connectivity index (χ2v) is 4.50. The van der Waals surface area contributed by atoms with Crippen LogP contribution in [0.5, 0.6) is 0 Å². The fourth-order valence-electron chi connectivity index (χ4n) is 1.03. The average molecular weight is 270 g/mol. The summed E-state index contributed by atoms with van der Waals surface area (Å²) >= 11 is 5.07. The van der Waals surface area contributed by atoms with Gasteiger partial charge in [0.2, 0.25) is 0 Å². The van der Waals surface area contributed by atoms with Gasteiger partial charge in [-0.1, -0.05) is 0 Å². The molecule has 0 spiro atoms. The van der Waals surface area contributed by atoms with Crippen LogP contribution in [-0.2, 0) is 6.54 Å². The van der Waals surface area contributed by atoms with E-state index in [4.69, 9.17) is 0 Å². The third kappa shape index (κ3) is 2.30. The van der Waals surface area contributed by atoms with E-state index >= 15 is 0 Å². The lowest BCUT2D eigenvalue weighted by molar-refractivity contribution is 1.16. The van der Waals surface area contributed by atoms with E-state index in [-0.39, 0.29) is 0 Å². The van der Waals surface area contributed by atoms with E-state index in [2.05, 4.69) is 31.2 Å². The lowest BCUT2D eigenvalue weighted by Gasteiger charge is -2.05. The molecule has 0 fully saturated rings. The van der Waals surface area contributed by atoms with Gasteiger partial charge in [-0.05, 0) is 22.0 Å². The first-order valence-electron chi connectivity index (χ1n) is 4.07. The zero-order chi connectivity index (χ0) is 9.80. The molecule has 2 aromatic rings. The second-order valence-electron chi connectivity index (χ2n) is 2.68. The topological polar surface area (TPSA) is 37.8 Å². The van der Waals surface area contributed by atoms with Crippen LogP contribution < -0.4 is 5.32 Å². The molecule has 0 unspecified atom stereocenters. The summed E-state index contributed by atoms with van der Waals surface area (Å²) < 4.78 is 0.976. The van der Waals surface area contributed by atoms with E-state index < -0.39 is 0 Å². The van der Waals surface area contributed by atoms with E-state index in [9.17, 15) is 0 Å². The molecule has 0 saturated heterocycles. The number of halogens is 1. The molecule has 2 aromatic heterocycles. The van der Waals surface area contributed by atoms with Crippen LogP contribution >= 0.6 is 27.3 Å². The summed E-state index contributed by atoms with van der Waals surface area (Å²) in [7, 11) is 0. The zero-order valence-corrected chi connectivity index (χ0v) is 9.68. The highest BCUT2D eigenvalue weighted by Crippen LogP contribution is 2.20. The second kappa shape index (κ2) is 4.52. The molecular weight excluding hydrogens is 262 g/mol. The Morgan fingerprint density at radius 2 is 2.29 bits per heavy atom. The maximum atomic E-state index is 4.01. The van der Waals surface area contributed by atoms with E-state index in [0.29, 0.717) is 0 Å². The molecule has 0 aliphatic carbocycles. The van der Waals surface area contributed by atoms with E-state index in [0.717, 1.165) is 16.7 Å². The van der Waals surface area contributed by atoms with Crippen molar-refractivity contribution < 1.29 is 0 Å². The van der Waals surface area contributed by atoms with Gasteiger partial charge in [-0.15, -0.1) is 11.3 Å². The van der Waals surface area contributed by atoms with Crippen molar-refractivity contribution in [1.29, 1.82) is 0 Å². The minimum atomic E-state index is 0.799. The fraction of sp³-hybridized carbons (Fsp3) is 0.111. The maximum absolute atomic E-state index is 4.01. The number of nitrogens with zero attached hydrogens (tertiary/aromatic N) is 2. The van der Waals surface area contributed by atoms with Gasteiger partial charge in [-0.3, -0.25) is 9.97 Å². The molecule has 0 bridgehead atoms. The smallest absolute Gasteiger partial charge is 0.0794 e. The summed E-state index contributed by atoms with van der Waals surface area (Å²) in [4.78, 5) is 9.22. The van der Waals surface area contributed by atoms with Gasteiger partial charge in [-0.25, -0.2) is 0 Å². The predicted molar refractivity (Wildman–Crippen MR) is 61.4 cm³/mol. The molecule has 0 radical (unpaired) electrons. The van der Waals surface area contributed by atoms with Crippen LogP contribution in [0, 0.1) is 0 Å². The number of pyridine rings is 1. The lowest BCUT2D eigenvalue weighted by Crippen LogP contribution is -1.98. The zero-order valence-electron chi connectivity index (χ0n) is 7.27. The average Bonchev–Trinajstić information content (AvgIpc) is 2.69. The number of hydrogen-bond donors (Lipinski definition) is 1. The Morgan fingerprint density at radius 3 is 3.00 bits per heavy atom. The number of hydrogen-bond acceptors (Lipinski definition) is 4. The third-order valence-corrected chi connectivity index (χ3v) is 3.12. The van der Waals surface area contributed by atoms with Gasteiger partial charge in [0, 0.05) is 23.5 Å². The first-order valence-corrected chi connectivity index (χ1v) is 5.74. The first-order chi connectivity index (χ1) is 6.86. The van der Waals surface area contributed by atoms with Gasteiger partial charge in [0.15, 0.2) is 0 Å². The quantitative estimate of drug-likeness (QED) is 0.931. The van der Waals surface area contributed by atoms with Crippen molar-refractivity contribution in [3.63, 3.8) is 0 Å². The summed E-state index contributed by atoms with van der Waals surface area (Å²) in [6, 6.07) is 1.94. The van der Waals surface area contributed by atoms with E-state index in [1.807, 2.05) is 17.8 Å². The molecule has 0 aliphatic rings. The van der Waals surface area contributed by atoms with E-state index in [1.54, 1.807) is 23.7 Å². The van der Waals surface area contributed by atoms with E-state index in [1.165, 1.54) is 4.88 Å². The van der Waals surface area contributed by atoms with Crippen LogP contribution in [0.15, 0.2) is 34.6 Å². The van der Waals surface area contributed by atoms with Crippen molar-refractivity contribution in [2.45, 2.75) is 6.54 Å². The largest absolute Gasteiger partial charge is 0.379 e. The Morgan fingerprint density at radius 1 is 1.36 bits per heavy atom. The molecule has 3 nitrogen and oxygen atoms in total. The molecule has 0 saturated carbocycles. The summed E-state index contributed by atoms with van der Waals surface area (Å²) in [5.41, 5.74) is 2.88. The Labute approximate surface area is 94.4 Å². The molecule has 2 heterocycles. The number of thiazole rings is 1. The molecule has 72 valence electrons. The molecule has 0 amide bonds. The molecule has 1 N–H and O–H groups in total. The highest BCUT2D eigenvalue weighted by atomic mass is 79.9. The predicted octanol–water partition coefficient (Wildman–Crippen LogP) is 2.91. The number of rotatable bonds is 3. The molecule has 2 rings (SSSR count). The van der Waals surface area contributed by atoms with Crippen LogP contribution in [0.1, 0.15) is 4.88 Å². The van der Waals surface area contributed by atoms with Crippen LogP contribution in [0.2, 0.25) is 0 Å². The van der Waals surface area contributed by atoms with Gasteiger partial charge in [-0.2, -0.15) is 0 Å². The van der Waals surface area contributed by atoms with Crippen molar-refractivity contribution in [1.82, 2.24) is 9.97 Å². The first kappa shape index (κ1) is 9.61. The minimum absolute atomic E-state index is 0.799.